The van der Waals surface area contributed by atoms with E-state index in [4.69, 9.17) is 4.74 Å². The summed E-state index contributed by atoms with van der Waals surface area (Å²) >= 11 is 0. The molecule has 0 aliphatic rings. The lowest BCUT2D eigenvalue weighted by molar-refractivity contribution is 0.112. The number of hydrogen-bond donors (Lipinski definition) is 0. The molecule has 0 amide bonds. The molecule has 0 radical (unpaired) electrons. The number of methoxy groups -OCH3 is 1. The zero-order valence-corrected chi connectivity index (χ0v) is 12.0. The summed E-state index contributed by atoms with van der Waals surface area (Å²) in [6.07, 6.45) is 2.88. The molecule has 0 atom stereocenters. The van der Waals surface area contributed by atoms with Crippen molar-refractivity contribution >= 4 is 17.9 Å². The van der Waals surface area contributed by atoms with E-state index in [-0.39, 0.29) is 0 Å². The SMILES string of the molecule is COc1ccc(C=C(C)c2ccc(C)cc2)c(C=O)c1. The summed E-state index contributed by atoms with van der Waals surface area (Å²) in [7, 11) is 1.59. The highest BCUT2D eigenvalue weighted by Gasteiger charge is 2.03. The first kappa shape index (κ1) is 14.1. The highest BCUT2D eigenvalue weighted by molar-refractivity contribution is 5.89. The maximum atomic E-state index is 11.2. The van der Waals surface area contributed by atoms with Gasteiger partial charge < -0.3 is 4.74 Å². The van der Waals surface area contributed by atoms with Crippen molar-refractivity contribution in [2.45, 2.75) is 13.8 Å². The average molecular weight is 266 g/mol. The van der Waals surface area contributed by atoms with E-state index in [0.717, 1.165) is 23.0 Å². The molecule has 2 aromatic rings. The molecule has 0 aliphatic carbocycles. The molecule has 2 nitrogen and oxygen atoms in total. The second-order valence-electron chi connectivity index (χ2n) is 4.81. The minimum atomic E-state index is 0.635. The summed E-state index contributed by atoms with van der Waals surface area (Å²) in [5, 5.41) is 0. The Balaban J connectivity index is 2.38. The van der Waals surface area contributed by atoms with Gasteiger partial charge in [0.2, 0.25) is 0 Å². The molecule has 0 heterocycles. The van der Waals surface area contributed by atoms with Crippen LogP contribution in [0.1, 0.15) is 34.0 Å². The van der Waals surface area contributed by atoms with Crippen LogP contribution in [0.5, 0.6) is 5.75 Å². The fourth-order valence-corrected chi connectivity index (χ4v) is 2.05. The molecule has 0 N–H and O–H groups in total. The number of aryl methyl sites for hydroxylation is 1. The number of ether oxygens (including phenoxy) is 1. The predicted octanol–water partition coefficient (Wildman–Crippen LogP) is 4.38. The molecular weight excluding hydrogens is 248 g/mol. The maximum Gasteiger partial charge on any atom is 0.150 e. The van der Waals surface area contributed by atoms with Crippen LogP contribution in [0.25, 0.3) is 11.6 Å². The zero-order valence-electron chi connectivity index (χ0n) is 12.0. The van der Waals surface area contributed by atoms with E-state index in [1.165, 1.54) is 5.56 Å². The Morgan fingerprint density at radius 3 is 2.35 bits per heavy atom. The smallest absolute Gasteiger partial charge is 0.150 e. The normalized spacial score (nSPS) is 11.2. The summed E-state index contributed by atoms with van der Waals surface area (Å²) in [5.74, 6) is 0.692. The third-order valence-corrected chi connectivity index (χ3v) is 3.30. The van der Waals surface area contributed by atoms with Crippen LogP contribution in [0.3, 0.4) is 0 Å². The molecular formula is C18H18O2. The summed E-state index contributed by atoms with van der Waals surface area (Å²) in [6, 6.07) is 13.9. The van der Waals surface area contributed by atoms with Crippen LogP contribution >= 0.6 is 0 Å². The maximum absolute atomic E-state index is 11.2. The van der Waals surface area contributed by atoms with Crippen molar-refractivity contribution in [2.24, 2.45) is 0 Å². The van der Waals surface area contributed by atoms with Gasteiger partial charge in [0.1, 0.15) is 5.75 Å². The Morgan fingerprint density at radius 2 is 1.75 bits per heavy atom. The number of benzene rings is 2. The molecule has 0 fully saturated rings. The monoisotopic (exact) mass is 266 g/mol. The Kier molecular flexibility index (Phi) is 4.36. The van der Waals surface area contributed by atoms with Crippen molar-refractivity contribution in [3.63, 3.8) is 0 Å². The lowest BCUT2D eigenvalue weighted by Crippen LogP contribution is -1.90. The van der Waals surface area contributed by atoms with Crippen molar-refractivity contribution in [2.75, 3.05) is 7.11 Å². The van der Waals surface area contributed by atoms with Gasteiger partial charge in [-0.2, -0.15) is 0 Å². The van der Waals surface area contributed by atoms with Crippen LogP contribution in [0.2, 0.25) is 0 Å². The summed E-state index contributed by atoms with van der Waals surface area (Å²) in [6.45, 7) is 4.11. The Morgan fingerprint density at radius 1 is 1.05 bits per heavy atom. The first-order valence-electron chi connectivity index (χ1n) is 6.52. The number of carbonyl (C=O) groups excluding carboxylic acids is 1. The van der Waals surface area contributed by atoms with E-state index >= 15 is 0 Å². The third-order valence-electron chi connectivity index (χ3n) is 3.30. The molecule has 0 aliphatic heterocycles. The highest BCUT2D eigenvalue weighted by atomic mass is 16.5. The number of allylic oxidation sites excluding steroid dienone is 1. The van der Waals surface area contributed by atoms with Gasteiger partial charge in [0.05, 0.1) is 7.11 Å². The van der Waals surface area contributed by atoms with Crippen LogP contribution in [0.4, 0.5) is 0 Å². The van der Waals surface area contributed by atoms with Crippen molar-refractivity contribution in [1.82, 2.24) is 0 Å². The van der Waals surface area contributed by atoms with Gasteiger partial charge in [0.25, 0.3) is 0 Å². The lowest BCUT2D eigenvalue weighted by Gasteiger charge is -2.06. The average Bonchev–Trinajstić information content (AvgIpc) is 2.48. The minimum Gasteiger partial charge on any atom is -0.497 e. The first-order valence-corrected chi connectivity index (χ1v) is 6.52. The molecule has 0 spiro atoms. The molecule has 0 unspecified atom stereocenters. The summed E-state index contributed by atoms with van der Waals surface area (Å²) < 4.78 is 5.13. The van der Waals surface area contributed by atoms with Crippen LogP contribution < -0.4 is 4.74 Å². The topological polar surface area (TPSA) is 26.3 Å². The van der Waals surface area contributed by atoms with Crippen LogP contribution in [0, 0.1) is 6.92 Å². The van der Waals surface area contributed by atoms with Crippen molar-refractivity contribution in [1.29, 1.82) is 0 Å². The lowest BCUT2D eigenvalue weighted by atomic mass is 10.0. The number of rotatable bonds is 4. The van der Waals surface area contributed by atoms with E-state index in [9.17, 15) is 4.79 Å². The van der Waals surface area contributed by atoms with Gasteiger partial charge in [-0.15, -0.1) is 0 Å². The highest BCUT2D eigenvalue weighted by Crippen LogP contribution is 2.22. The minimum absolute atomic E-state index is 0.635. The van der Waals surface area contributed by atoms with Crippen molar-refractivity contribution in [3.8, 4) is 5.75 Å². The van der Waals surface area contributed by atoms with Gasteiger partial charge >= 0.3 is 0 Å². The molecule has 20 heavy (non-hydrogen) atoms. The van der Waals surface area contributed by atoms with Crippen LogP contribution in [0.15, 0.2) is 42.5 Å². The molecule has 0 saturated heterocycles. The van der Waals surface area contributed by atoms with Gasteiger partial charge in [0.15, 0.2) is 6.29 Å². The van der Waals surface area contributed by atoms with Crippen molar-refractivity contribution < 1.29 is 9.53 Å². The Bertz CT molecular complexity index is 637. The molecule has 0 aromatic heterocycles. The van der Waals surface area contributed by atoms with Crippen LogP contribution in [-0.2, 0) is 0 Å². The van der Waals surface area contributed by atoms with E-state index in [0.29, 0.717) is 11.3 Å². The van der Waals surface area contributed by atoms with Crippen LogP contribution in [-0.4, -0.2) is 13.4 Å². The second kappa shape index (κ2) is 6.20. The quantitative estimate of drug-likeness (QED) is 0.606. The fourth-order valence-electron chi connectivity index (χ4n) is 2.05. The molecule has 102 valence electrons. The first-order chi connectivity index (χ1) is 9.63. The fraction of sp³-hybridized carbons (Fsp3) is 0.167. The molecule has 0 saturated carbocycles. The third kappa shape index (κ3) is 3.15. The van der Waals surface area contributed by atoms with Gasteiger partial charge in [-0.3, -0.25) is 4.79 Å². The summed E-state index contributed by atoms with van der Waals surface area (Å²) in [5.41, 5.74) is 5.05. The van der Waals surface area contributed by atoms with Gasteiger partial charge in [-0.1, -0.05) is 42.0 Å². The Hall–Kier alpha value is -2.35. The largest absolute Gasteiger partial charge is 0.497 e. The molecule has 2 rings (SSSR count). The van der Waals surface area contributed by atoms with Gasteiger partial charge in [-0.05, 0) is 42.7 Å². The van der Waals surface area contributed by atoms with E-state index in [1.807, 2.05) is 25.1 Å². The number of carbonyl (C=O) groups is 1. The number of aldehydes is 1. The van der Waals surface area contributed by atoms with Crippen molar-refractivity contribution in [3.05, 3.63) is 64.7 Å². The van der Waals surface area contributed by atoms with Gasteiger partial charge in [-0.25, -0.2) is 0 Å². The van der Waals surface area contributed by atoms with E-state index < -0.39 is 0 Å². The van der Waals surface area contributed by atoms with E-state index in [1.54, 1.807) is 13.2 Å². The number of hydrogen-bond acceptors (Lipinski definition) is 2. The Labute approximate surface area is 119 Å². The second-order valence-corrected chi connectivity index (χ2v) is 4.81. The van der Waals surface area contributed by atoms with E-state index in [2.05, 4.69) is 31.2 Å². The zero-order chi connectivity index (χ0) is 14.5. The van der Waals surface area contributed by atoms with Gasteiger partial charge in [0, 0.05) is 5.56 Å². The standard InChI is InChI=1S/C18H18O2/c1-13-4-6-15(7-5-13)14(2)10-16-8-9-18(20-3)11-17(16)12-19/h4-12H,1-3H3. The molecule has 0 bridgehead atoms. The predicted molar refractivity (Wildman–Crippen MR) is 83.1 cm³/mol. The summed E-state index contributed by atoms with van der Waals surface area (Å²) in [4.78, 5) is 11.2. The molecule has 2 heteroatoms. The molecule has 2 aromatic carbocycles.